The van der Waals surface area contributed by atoms with Crippen LogP contribution in [0.5, 0.6) is 5.75 Å². The molecule has 5 heteroatoms. The van der Waals surface area contributed by atoms with Crippen LogP contribution < -0.4 is 4.74 Å². The quantitative estimate of drug-likeness (QED) is 0.571. The number of benzene rings is 1. The van der Waals surface area contributed by atoms with Crippen LogP contribution in [-0.4, -0.2) is 17.2 Å². The second-order valence-corrected chi connectivity index (χ2v) is 5.36. The Morgan fingerprint density at radius 1 is 1.35 bits per heavy atom. The van der Waals surface area contributed by atoms with Crippen LogP contribution >= 0.6 is 39.1 Å². The molecule has 0 aliphatic heterocycles. The van der Waals surface area contributed by atoms with Gasteiger partial charge in [0.2, 0.25) is 0 Å². The van der Waals surface area contributed by atoms with E-state index in [2.05, 4.69) is 15.9 Å². The number of carbonyl (C=O) groups is 1. The number of rotatable bonds is 5. The zero-order chi connectivity index (χ0) is 13.0. The number of hydrogen-bond donors (Lipinski definition) is 0. The average Bonchev–Trinajstić information content (AvgIpc) is 2.31. The van der Waals surface area contributed by atoms with E-state index in [1.807, 2.05) is 13.8 Å². The molecule has 0 aliphatic carbocycles. The summed E-state index contributed by atoms with van der Waals surface area (Å²) in [6.45, 7) is 4.27. The predicted octanol–water partition coefficient (Wildman–Crippen LogP) is 4.75. The Kier molecular flexibility index (Phi) is 5.77. The van der Waals surface area contributed by atoms with E-state index in [-0.39, 0.29) is 10.6 Å². The number of carbonyl (C=O) groups excluding carboxylic acids is 1. The highest BCUT2D eigenvalue weighted by atomic mass is 79.9. The largest absolute Gasteiger partial charge is 0.492 e. The first-order chi connectivity index (χ1) is 8.01. The second kappa shape index (κ2) is 6.62. The lowest BCUT2D eigenvalue weighted by Crippen LogP contribution is -2.13. The van der Waals surface area contributed by atoms with Crippen LogP contribution in [0.4, 0.5) is 0 Å². The van der Waals surface area contributed by atoms with Gasteiger partial charge in [-0.1, -0.05) is 46.1 Å². The molecule has 0 spiro atoms. The molecule has 0 bridgehead atoms. The zero-order valence-electron chi connectivity index (χ0n) is 9.60. The van der Waals surface area contributed by atoms with Crippen molar-refractivity contribution in [3.8, 4) is 5.75 Å². The lowest BCUT2D eigenvalue weighted by molar-refractivity contribution is 0.0990. The van der Waals surface area contributed by atoms with E-state index < -0.39 is 0 Å². The SMILES string of the molecule is CCOc1cc(Cl)c(C(=O)C(Br)CC)cc1Cl. The highest BCUT2D eigenvalue weighted by Crippen LogP contribution is 2.32. The molecular weight excluding hydrogens is 327 g/mol. The van der Waals surface area contributed by atoms with E-state index in [9.17, 15) is 4.79 Å². The number of Topliss-reactive ketones (excluding diaryl/α,β-unsaturated/α-hetero) is 1. The Bertz CT molecular complexity index is 421. The summed E-state index contributed by atoms with van der Waals surface area (Å²) in [4.78, 5) is 11.7. The summed E-state index contributed by atoms with van der Waals surface area (Å²) in [7, 11) is 0. The second-order valence-electron chi connectivity index (χ2n) is 3.44. The van der Waals surface area contributed by atoms with Gasteiger partial charge in [0.25, 0.3) is 0 Å². The summed E-state index contributed by atoms with van der Waals surface area (Å²) in [6, 6.07) is 3.14. The van der Waals surface area contributed by atoms with Crippen molar-refractivity contribution in [2.75, 3.05) is 6.61 Å². The van der Waals surface area contributed by atoms with Crippen molar-refractivity contribution in [2.24, 2.45) is 0 Å². The van der Waals surface area contributed by atoms with Gasteiger partial charge in [-0.05, 0) is 19.4 Å². The number of hydrogen-bond acceptors (Lipinski definition) is 2. The molecular formula is C12H13BrCl2O2. The van der Waals surface area contributed by atoms with E-state index in [1.54, 1.807) is 12.1 Å². The number of halogens is 3. The summed E-state index contributed by atoms with van der Waals surface area (Å²) in [6.07, 6.45) is 0.694. The lowest BCUT2D eigenvalue weighted by Gasteiger charge is -2.11. The van der Waals surface area contributed by atoms with E-state index >= 15 is 0 Å². The third-order valence-corrected chi connectivity index (χ3v) is 3.90. The molecule has 0 radical (unpaired) electrons. The smallest absolute Gasteiger partial charge is 0.177 e. The van der Waals surface area contributed by atoms with Crippen LogP contribution in [0.3, 0.4) is 0 Å². The van der Waals surface area contributed by atoms with Crippen LogP contribution in [-0.2, 0) is 0 Å². The fourth-order valence-corrected chi connectivity index (χ4v) is 2.05. The third-order valence-electron chi connectivity index (χ3n) is 2.23. The van der Waals surface area contributed by atoms with Gasteiger partial charge in [-0.3, -0.25) is 4.79 Å². The Balaban J connectivity index is 3.11. The molecule has 0 fully saturated rings. The molecule has 2 nitrogen and oxygen atoms in total. The molecule has 94 valence electrons. The summed E-state index contributed by atoms with van der Waals surface area (Å²) < 4.78 is 5.30. The van der Waals surface area contributed by atoms with Crippen molar-refractivity contribution >= 4 is 44.9 Å². The molecule has 0 heterocycles. The van der Waals surface area contributed by atoms with E-state index in [0.29, 0.717) is 34.4 Å². The topological polar surface area (TPSA) is 26.3 Å². The molecule has 0 aromatic heterocycles. The van der Waals surface area contributed by atoms with Crippen LogP contribution in [0, 0.1) is 0 Å². The van der Waals surface area contributed by atoms with Crippen molar-refractivity contribution in [1.29, 1.82) is 0 Å². The maximum Gasteiger partial charge on any atom is 0.177 e. The van der Waals surface area contributed by atoms with Crippen molar-refractivity contribution in [1.82, 2.24) is 0 Å². The van der Waals surface area contributed by atoms with Crippen molar-refractivity contribution in [3.05, 3.63) is 27.7 Å². The van der Waals surface area contributed by atoms with E-state index in [1.165, 1.54) is 0 Å². The first-order valence-electron chi connectivity index (χ1n) is 5.31. The number of ketones is 1. The van der Waals surface area contributed by atoms with Gasteiger partial charge in [0, 0.05) is 11.6 Å². The van der Waals surface area contributed by atoms with Gasteiger partial charge in [0.05, 0.1) is 21.5 Å². The van der Waals surface area contributed by atoms with Crippen molar-refractivity contribution in [3.63, 3.8) is 0 Å². The summed E-state index contributed by atoms with van der Waals surface area (Å²) in [5.74, 6) is 0.431. The molecule has 0 N–H and O–H groups in total. The Labute approximate surface area is 119 Å². The van der Waals surface area contributed by atoms with Crippen LogP contribution in [0.25, 0.3) is 0 Å². The fourth-order valence-electron chi connectivity index (χ4n) is 1.34. The lowest BCUT2D eigenvalue weighted by atomic mass is 10.1. The highest BCUT2D eigenvalue weighted by Gasteiger charge is 2.19. The standard InChI is InChI=1S/C12H13BrCl2O2/c1-3-8(13)12(16)7-5-10(15)11(17-4-2)6-9(7)14/h5-6,8H,3-4H2,1-2H3. The fraction of sp³-hybridized carbons (Fsp3) is 0.417. The first-order valence-corrected chi connectivity index (χ1v) is 6.98. The normalized spacial score (nSPS) is 12.3. The van der Waals surface area contributed by atoms with Gasteiger partial charge in [-0.2, -0.15) is 0 Å². The minimum absolute atomic E-state index is 0.0672. The molecule has 17 heavy (non-hydrogen) atoms. The number of alkyl halides is 1. The molecule has 1 rings (SSSR count). The third kappa shape index (κ3) is 3.60. The van der Waals surface area contributed by atoms with Crippen LogP contribution in [0.15, 0.2) is 12.1 Å². The summed E-state index contributed by atoms with van der Waals surface area (Å²) in [5.41, 5.74) is 0.420. The van der Waals surface area contributed by atoms with Gasteiger partial charge in [0.15, 0.2) is 5.78 Å². The molecule has 1 unspecified atom stereocenters. The zero-order valence-corrected chi connectivity index (χ0v) is 12.7. The molecule has 1 atom stereocenters. The molecule has 0 saturated heterocycles. The van der Waals surface area contributed by atoms with Gasteiger partial charge in [0.1, 0.15) is 5.75 Å². The number of ether oxygens (including phenoxy) is 1. The Morgan fingerprint density at radius 3 is 2.53 bits per heavy atom. The van der Waals surface area contributed by atoms with Gasteiger partial charge in [-0.25, -0.2) is 0 Å². The molecule has 1 aromatic carbocycles. The van der Waals surface area contributed by atoms with Crippen LogP contribution in [0.1, 0.15) is 30.6 Å². The van der Waals surface area contributed by atoms with Crippen molar-refractivity contribution < 1.29 is 9.53 Å². The van der Waals surface area contributed by atoms with Gasteiger partial charge < -0.3 is 4.74 Å². The predicted molar refractivity (Wildman–Crippen MR) is 75.0 cm³/mol. The molecule has 0 amide bonds. The van der Waals surface area contributed by atoms with E-state index in [0.717, 1.165) is 0 Å². The molecule has 0 aliphatic rings. The van der Waals surface area contributed by atoms with E-state index in [4.69, 9.17) is 27.9 Å². The minimum atomic E-state index is -0.242. The Hall–Kier alpha value is -0.250. The van der Waals surface area contributed by atoms with Gasteiger partial charge >= 0.3 is 0 Å². The Morgan fingerprint density at radius 2 is 2.00 bits per heavy atom. The maximum atomic E-state index is 12.0. The van der Waals surface area contributed by atoms with Gasteiger partial charge in [-0.15, -0.1) is 0 Å². The highest BCUT2D eigenvalue weighted by molar-refractivity contribution is 9.10. The average molecular weight is 340 g/mol. The monoisotopic (exact) mass is 338 g/mol. The molecule has 0 saturated carbocycles. The minimum Gasteiger partial charge on any atom is -0.492 e. The summed E-state index contributed by atoms with van der Waals surface area (Å²) >= 11 is 15.4. The first kappa shape index (κ1) is 14.8. The van der Waals surface area contributed by atoms with Crippen molar-refractivity contribution in [2.45, 2.75) is 25.1 Å². The maximum absolute atomic E-state index is 12.0. The molecule has 1 aromatic rings. The van der Waals surface area contributed by atoms with Crippen LogP contribution in [0.2, 0.25) is 10.0 Å². The summed E-state index contributed by atoms with van der Waals surface area (Å²) in [5, 5.41) is 0.760.